The van der Waals surface area contributed by atoms with E-state index in [1.807, 2.05) is 0 Å². The Kier molecular flexibility index (Phi) is 35.6. The van der Waals surface area contributed by atoms with Gasteiger partial charge in [-0.05, 0) is 6.42 Å². The largest absolute Gasteiger partial charge is 0.467 e. The number of hydrogen-bond donors (Lipinski definition) is 0. The van der Waals surface area contributed by atoms with Crippen molar-refractivity contribution < 1.29 is 61.7 Å². The summed E-state index contributed by atoms with van der Waals surface area (Å²) < 4.78 is 58.0. The van der Waals surface area contributed by atoms with Gasteiger partial charge in [-0.25, -0.2) is 4.79 Å². The highest BCUT2D eigenvalue weighted by molar-refractivity contribution is 5.70. The molecule has 0 atom stereocenters. The fourth-order valence-electron chi connectivity index (χ4n) is 3.31. The Balaban J connectivity index is 3.11. The molecular formula is C30H58O13. The number of carbonyl (C=O) groups excluding carboxylic acids is 2. The molecule has 0 aromatic heterocycles. The van der Waals surface area contributed by atoms with E-state index in [4.69, 9.17) is 47.4 Å². The lowest BCUT2D eigenvalue weighted by atomic mass is 10.1. The predicted molar refractivity (Wildman–Crippen MR) is 158 cm³/mol. The number of esters is 2. The van der Waals surface area contributed by atoms with Gasteiger partial charge in [-0.15, -0.1) is 0 Å². The van der Waals surface area contributed by atoms with Crippen molar-refractivity contribution in [2.45, 2.75) is 51.9 Å². The number of hydrogen-bond acceptors (Lipinski definition) is 13. The van der Waals surface area contributed by atoms with E-state index in [0.29, 0.717) is 119 Å². The first-order chi connectivity index (χ1) is 21.2. The average molecular weight is 627 g/mol. The summed E-state index contributed by atoms with van der Waals surface area (Å²) in [6.45, 7) is 10.2. The molecule has 0 spiro atoms. The third kappa shape index (κ3) is 36.7. The highest BCUT2D eigenvalue weighted by Crippen LogP contribution is 2.07. The van der Waals surface area contributed by atoms with Crippen molar-refractivity contribution in [1.29, 1.82) is 0 Å². The molecule has 0 amide bonds. The van der Waals surface area contributed by atoms with Crippen LogP contribution in [0.2, 0.25) is 0 Å². The smallest absolute Gasteiger partial charge is 0.331 e. The zero-order valence-corrected chi connectivity index (χ0v) is 26.7. The number of ether oxygens (including phenoxy) is 11. The van der Waals surface area contributed by atoms with Gasteiger partial charge in [0, 0.05) is 6.42 Å². The zero-order valence-electron chi connectivity index (χ0n) is 26.7. The lowest BCUT2D eigenvalue weighted by Gasteiger charge is -2.09. The van der Waals surface area contributed by atoms with Crippen LogP contribution in [0, 0.1) is 0 Å². The fourth-order valence-corrected chi connectivity index (χ4v) is 3.31. The normalized spacial score (nSPS) is 11.2. The maximum atomic E-state index is 11.6. The number of unbranched alkanes of at least 4 members (excludes halogenated alkanes) is 5. The minimum Gasteiger partial charge on any atom is -0.467 e. The van der Waals surface area contributed by atoms with E-state index in [-0.39, 0.29) is 19.2 Å². The first-order valence-electron chi connectivity index (χ1n) is 15.6. The molecule has 0 rings (SSSR count). The van der Waals surface area contributed by atoms with Crippen LogP contribution in [0.3, 0.4) is 0 Å². The van der Waals surface area contributed by atoms with Crippen LogP contribution >= 0.6 is 0 Å². The van der Waals surface area contributed by atoms with Gasteiger partial charge in [0.15, 0.2) is 0 Å². The van der Waals surface area contributed by atoms with Gasteiger partial charge in [0.05, 0.1) is 119 Å². The molecule has 13 heteroatoms. The summed E-state index contributed by atoms with van der Waals surface area (Å²) in [6.07, 6.45) is 7.41. The van der Waals surface area contributed by atoms with Gasteiger partial charge < -0.3 is 52.1 Å². The van der Waals surface area contributed by atoms with Gasteiger partial charge in [-0.3, -0.25) is 4.79 Å². The molecule has 0 fully saturated rings. The molecule has 0 unspecified atom stereocenters. The quantitative estimate of drug-likeness (QED) is 0.0745. The molecule has 0 aromatic carbocycles. The Morgan fingerprint density at radius 2 is 0.721 bits per heavy atom. The molecule has 43 heavy (non-hydrogen) atoms. The Bertz CT molecular complexity index is 580. The van der Waals surface area contributed by atoms with E-state index < -0.39 is 5.97 Å². The Labute approximate surface area is 258 Å². The van der Waals surface area contributed by atoms with Gasteiger partial charge in [0.2, 0.25) is 0 Å². The summed E-state index contributed by atoms with van der Waals surface area (Å²) >= 11 is 0. The molecule has 256 valence electrons. The van der Waals surface area contributed by atoms with E-state index in [1.165, 1.54) is 32.8 Å². The van der Waals surface area contributed by atoms with E-state index in [1.54, 1.807) is 0 Å². The lowest BCUT2D eigenvalue weighted by molar-refractivity contribution is -0.146. The standard InChI is InChI=1S/C30H58O13/c1-3-4-5-6-7-8-9-29(31)43-27-26-41-23-22-39-19-18-37-15-14-35-11-10-34-12-13-36-16-17-38-20-21-40-24-25-42-28-30(32)33-2/h3-28H2,1-2H3. The monoisotopic (exact) mass is 626 g/mol. The summed E-state index contributed by atoms with van der Waals surface area (Å²) in [7, 11) is 1.31. The fraction of sp³-hybridized carbons (Fsp3) is 0.933. The summed E-state index contributed by atoms with van der Waals surface area (Å²) in [5.74, 6) is -0.556. The molecule has 0 aliphatic heterocycles. The topological polar surface area (TPSA) is 136 Å². The molecule has 0 aromatic rings. The van der Waals surface area contributed by atoms with Gasteiger partial charge >= 0.3 is 11.9 Å². The van der Waals surface area contributed by atoms with Crippen molar-refractivity contribution in [1.82, 2.24) is 0 Å². The summed E-state index contributed by atoms with van der Waals surface area (Å²) in [4.78, 5) is 22.5. The van der Waals surface area contributed by atoms with Crippen LogP contribution in [0.1, 0.15) is 51.9 Å². The molecule has 0 aliphatic rings. The van der Waals surface area contributed by atoms with Crippen molar-refractivity contribution in [2.75, 3.05) is 133 Å². The molecule has 13 nitrogen and oxygen atoms in total. The highest BCUT2D eigenvalue weighted by atomic mass is 16.6. The summed E-state index contributed by atoms with van der Waals surface area (Å²) in [5.41, 5.74) is 0. The van der Waals surface area contributed by atoms with Gasteiger partial charge in [0.1, 0.15) is 13.2 Å². The maximum absolute atomic E-state index is 11.6. The second-order valence-corrected chi connectivity index (χ2v) is 9.27. The van der Waals surface area contributed by atoms with Crippen LogP contribution in [0.4, 0.5) is 0 Å². The van der Waals surface area contributed by atoms with Crippen molar-refractivity contribution in [3.8, 4) is 0 Å². The van der Waals surface area contributed by atoms with E-state index in [9.17, 15) is 9.59 Å². The van der Waals surface area contributed by atoms with Crippen molar-refractivity contribution in [3.05, 3.63) is 0 Å². The Hall–Kier alpha value is -1.42. The molecule has 0 saturated carbocycles. The second kappa shape index (κ2) is 36.8. The molecule has 0 radical (unpaired) electrons. The first-order valence-corrected chi connectivity index (χ1v) is 15.6. The molecule has 0 bridgehead atoms. The van der Waals surface area contributed by atoms with Crippen LogP contribution in [-0.2, 0) is 61.7 Å². The second-order valence-electron chi connectivity index (χ2n) is 9.27. The summed E-state index contributed by atoms with van der Waals surface area (Å²) in [6, 6.07) is 0. The van der Waals surface area contributed by atoms with Crippen LogP contribution in [-0.4, -0.2) is 145 Å². The molecule has 0 N–H and O–H groups in total. The third-order valence-electron chi connectivity index (χ3n) is 5.65. The Morgan fingerprint density at radius 3 is 1.09 bits per heavy atom. The Morgan fingerprint density at radius 1 is 0.395 bits per heavy atom. The lowest BCUT2D eigenvalue weighted by Crippen LogP contribution is -2.16. The van der Waals surface area contributed by atoms with Crippen LogP contribution in [0.25, 0.3) is 0 Å². The zero-order chi connectivity index (χ0) is 31.3. The van der Waals surface area contributed by atoms with Crippen LogP contribution < -0.4 is 0 Å². The molecule has 0 aliphatic carbocycles. The third-order valence-corrected chi connectivity index (χ3v) is 5.65. The van der Waals surface area contributed by atoms with Crippen molar-refractivity contribution in [3.63, 3.8) is 0 Å². The predicted octanol–water partition coefficient (Wildman–Crippen LogP) is 2.60. The maximum Gasteiger partial charge on any atom is 0.331 e. The number of carbonyl (C=O) groups is 2. The number of rotatable bonds is 36. The van der Waals surface area contributed by atoms with Crippen LogP contribution in [0.5, 0.6) is 0 Å². The highest BCUT2D eigenvalue weighted by Gasteiger charge is 2.03. The summed E-state index contributed by atoms with van der Waals surface area (Å²) in [5, 5.41) is 0. The first kappa shape index (κ1) is 41.6. The minimum atomic E-state index is -0.409. The SMILES string of the molecule is CCCCCCCCC(=O)OCCOCCOCCOCCOCCOCCOCCOCCOCCOCC(=O)OC. The van der Waals surface area contributed by atoms with E-state index in [2.05, 4.69) is 11.7 Å². The number of methoxy groups -OCH3 is 1. The van der Waals surface area contributed by atoms with E-state index >= 15 is 0 Å². The van der Waals surface area contributed by atoms with Gasteiger partial charge in [-0.2, -0.15) is 0 Å². The average Bonchev–Trinajstić information content (AvgIpc) is 3.01. The molecule has 0 heterocycles. The van der Waals surface area contributed by atoms with Gasteiger partial charge in [-0.1, -0.05) is 39.0 Å². The minimum absolute atomic E-state index is 0.0715. The van der Waals surface area contributed by atoms with Crippen molar-refractivity contribution >= 4 is 11.9 Å². The van der Waals surface area contributed by atoms with Crippen LogP contribution in [0.15, 0.2) is 0 Å². The van der Waals surface area contributed by atoms with Crippen molar-refractivity contribution in [2.24, 2.45) is 0 Å². The molecular weight excluding hydrogens is 568 g/mol. The van der Waals surface area contributed by atoms with E-state index in [0.717, 1.165) is 12.8 Å². The molecule has 0 saturated heterocycles. The van der Waals surface area contributed by atoms with Gasteiger partial charge in [0.25, 0.3) is 0 Å².